The van der Waals surface area contributed by atoms with Gasteiger partial charge in [0.25, 0.3) is 5.91 Å². The first-order valence-electron chi connectivity index (χ1n) is 8.34. The molecule has 0 aromatic heterocycles. The fraction of sp³-hybridized carbons (Fsp3) is 0.556. The van der Waals surface area contributed by atoms with Gasteiger partial charge in [0.05, 0.1) is 13.7 Å². The van der Waals surface area contributed by atoms with Crippen molar-refractivity contribution >= 4 is 12.0 Å². The first kappa shape index (κ1) is 18.1. The summed E-state index contributed by atoms with van der Waals surface area (Å²) in [6.07, 6.45) is 1.20. The molecule has 24 heavy (non-hydrogen) atoms. The summed E-state index contributed by atoms with van der Waals surface area (Å²) in [6, 6.07) is 3.69. The van der Waals surface area contributed by atoms with Gasteiger partial charge in [-0.3, -0.25) is 4.79 Å². The van der Waals surface area contributed by atoms with Crippen molar-refractivity contribution in [2.24, 2.45) is 0 Å². The zero-order valence-electron chi connectivity index (χ0n) is 14.8. The van der Waals surface area contributed by atoms with Gasteiger partial charge in [0.1, 0.15) is 5.75 Å². The number of benzene rings is 1. The summed E-state index contributed by atoms with van der Waals surface area (Å²) in [4.78, 5) is 25.9. The van der Waals surface area contributed by atoms with Crippen molar-refractivity contribution in [2.45, 2.75) is 39.7 Å². The molecule has 1 fully saturated rings. The fourth-order valence-corrected chi connectivity index (χ4v) is 2.95. The van der Waals surface area contributed by atoms with Gasteiger partial charge in [-0.25, -0.2) is 4.79 Å². The first-order valence-corrected chi connectivity index (χ1v) is 8.34. The van der Waals surface area contributed by atoms with Crippen LogP contribution in [0.2, 0.25) is 0 Å². The van der Waals surface area contributed by atoms with E-state index in [0.29, 0.717) is 25.3 Å². The topological polar surface area (TPSA) is 67.9 Å². The highest BCUT2D eigenvalue weighted by Gasteiger charge is 2.25. The number of nitrogens with one attached hydrogen (secondary N) is 1. The zero-order valence-corrected chi connectivity index (χ0v) is 14.8. The van der Waals surface area contributed by atoms with Gasteiger partial charge in [0, 0.05) is 24.7 Å². The lowest BCUT2D eigenvalue weighted by Gasteiger charge is -2.31. The molecule has 1 aliphatic rings. The Labute approximate surface area is 143 Å². The van der Waals surface area contributed by atoms with Gasteiger partial charge in [0.2, 0.25) is 0 Å². The maximum Gasteiger partial charge on any atom is 0.409 e. The normalized spacial score (nSPS) is 15.1. The average Bonchev–Trinajstić information content (AvgIpc) is 2.58. The van der Waals surface area contributed by atoms with Crippen LogP contribution in [-0.2, 0) is 4.74 Å². The van der Waals surface area contributed by atoms with Crippen LogP contribution in [0, 0.1) is 13.8 Å². The Bertz CT molecular complexity index is 607. The molecule has 2 amide bonds. The van der Waals surface area contributed by atoms with E-state index in [4.69, 9.17) is 9.47 Å². The zero-order chi connectivity index (χ0) is 17.7. The molecule has 1 aromatic rings. The molecular formula is C18H26N2O4. The smallest absolute Gasteiger partial charge is 0.409 e. The number of carbonyl (C=O) groups is 2. The molecular weight excluding hydrogens is 308 g/mol. The number of ether oxygens (including phenoxy) is 2. The summed E-state index contributed by atoms with van der Waals surface area (Å²) in [5, 5.41) is 3.07. The number of rotatable bonds is 4. The molecule has 1 aromatic carbocycles. The summed E-state index contributed by atoms with van der Waals surface area (Å²) in [5.74, 6) is 0.708. The third-order valence-corrected chi connectivity index (χ3v) is 4.56. The number of likely N-dealkylation sites (tertiary alicyclic amines) is 1. The van der Waals surface area contributed by atoms with Crippen molar-refractivity contribution in [3.8, 4) is 5.75 Å². The molecule has 0 saturated carbocycles. The van der Waals surface area contributed by atoms with Gasteiger partial charge >= 0.3 is 6.09 Å². The van der Waals surface area contributed by atoms with Crippen LogP contribution in [0.25, 0.3) is 0 Å². The SMILES string of the molecule is CCOC(=O)N1CCC(NC(=O)c2ccc(OC)c(C)c2C)CC1. The molecule has 6 heteroatoms. The number of hydrogen-bond donors (Lipinski definition) is 1. The molecule has 0 radical (unpaired) electrons. The minimum absolute atomic E-state index is 0.0741. The molecule has 0 aliphatic carbocycles. The highest BCUT2D eigenvalue weighted by molar-refractivity contribution is 5.96. The van der Waals surface area contributed by atoms with Crippen LogP contribution >= 0.6 is 0 Å². The standard InChI is InChI=1S/C18H26N2O4/c1-5-24-18(22)20-10-8-14(9-11-20)19-17(21)15-6-7-16(23-4)13(3)12(15)2/h6-7,14H,5,8-11H2,1-4H3,(H,19,21). The van der Waals surface area contributed by atoms with E-state index in [-0.39, 0.29) is 18.0 Å². The molecule has 0 spiro atoms. The molecule has 1 heterocycles. The van der Waals surface area contributed by atoms with Crippen LogP contribution in [-0.4, -0.2) is 49.7 Å². The number of carbonyl (C=O) groups excluding carboxylic acids is 2. The summed E-state index contributed by atoms with van der Waals surface area (Å²) >= 11 is 0. The Balaban J connectivity index is 1.95. The van der Waals surface area contributed by atoms with Crippen LogP contribution in [0.3, 0.4) is 0 Å². The van der Waals surface area contributed by atoms with Crippen LogP contribution in [0.1, 0.15) is 41.3 Å². The summed E-state index contributed by atoms with van der Waals surface area (Å²) in [6.45, 7) is 7.25. The van der Waals surface area contributed by atoms with E-state index >= 15 is 0 Å². The van der Waals surface area contributed by atoms with Gasteiger partial charge in [-0.1, -0.05) is 0 Å². The Morgan fingerprint density at radius 1 is 1.21 bits per heavy atom. The summed E-state index contributed by atoms with van der Waals surface area (Å²) < 4.78 is 10.3. The Morgan fingerprint density at radius 3 is 2.46 bits per heavy atom. The first-order chi connectivity index (χ1) is 11.5. The van der Waals surface area contributed by atoms with Crippen LogP contribution < -0.4 is 10.1 Å². The fourth-order valence-electron chi connectivity index (χ4n) is 2.95. The van der Waals surface area contributed by atoms with Crippen molar-refractivity contribution in [3.63, 3.8) is 0 Å². The van der Waals surface area contributed by atoms with Gasteiger partial charge in [-0.15, -0.1) is 0 Å². The van der Waals surface area contributed by atoms with Crippen LogP contribution in [0.4, 0.5) is 4.79 Å². The average molecular weight is 334 g/mol. The van der Waals surface area contributed by atoms with Gasteiger partial charge in [-0.05, 0) is 56.9 Å². The van der Waals surface area contributed by atoms with E-state index in [1.807, 2.05) is 19.9 Å². The predicted molar refractivity (Wildman–Crippen MR) is 91.6 cm³/mol. The second-order valence-electron chi connectivity index (χ2n) is 6.00. The maximum atomic E-state index is 12.5. The third-order valence-electron chi connectivity index (χ3n) is 4.56. The molecule has 0 unspecified atom stereocenters. The maximum absolute atomic E-state index is 12.5. The van der Waals surface area contributed by atoms with Crippen molar-refractivity contribution in [2.75, 3.05) is 26.8 Å². The van der Waals surface area contributed by atoms with E-state index in [1.165, 1.54) is 0 Å². The van der Waals surface area contributed by atoms with Crippen LogP contribution in [0.5, 0.6) is 5.75 Å². The van der Waals surface area contributed by atoms with Crippen molar-refractivity contribution in [3.05, 3.63) is 28.8 Å². The largest absolute Gasteiger partial charge is 0.496 e. The summed E-state index contributed by atoms with van der Waals surface area (Å²) in [7, 11) is 1.62. The highest BCUT2D eigenvalue weighted by atomic mass is 16.6. The minimum atomic E-state index is -0.274. The van der Waals surface area contributed by atoms with Crippen LogP contribution in [0.15, 0.2) is 12.1 Å². The number of methoxy groups -OCH3 is 1. The predicted octanol–water partition coefficient (Wildman–Crippen LogP) is 2.66. The van der Waals surface area contributed by atoms with Crippen molar-refractivity contribution in [1.29, 1.82) is 0 Å². The molecule has 2 rings (SSSR count). The molecule has 0 bridgehead atoms. The Kier molecular flexibility index (Phi) is 6.06. The van der Waals surface area contributed by atoms with Crippen molar-refractivity contribution in [1.82, 2.24) is 10.2 Å². The molecule has 1 N–H and O–H groups in total. The Hall–Kier alpha value is -2.24. The second kappa shape index (κ2) is 8.04. The highest BCUT2D eigenvalue weighted by Crippen LogP contribution is 2.24. The quantitative estimate of drug-likeness (QED) is 0.919. The van der Waals surface area contributed by atoms with E-state index in [2.05, 4.69) is 5.32 Å². The lowest BCUT2D eigenvalue weighted by atomic mass is 10.00. The molecule has 1 saturated heterocycles. The molecule has 0 atom stereocenters. The van der Waals surface area contributed by atoms with Gasteiger partial charge in [-0.2, -0.15) is 0 Å². The Morgan fingerprint density at radius 2 is 1.88 bits per heavy atom. The van der Waals surface area contributed by atoms with Gasteiger partial charge < -0.3 is 19.7 Å². The third kappa shape index (κ3) is 3.99. The van der Waals surface area contributed by atoms with E-state index in [1.54, 1.807) is 25.0 Å². The molecule has 6 nitrogen and oxygen atoms in total. The van der Waals surface area contributed by atoms with Crippen molar-refractivity contribution < 1.29 is 19.1 Å². The number of hydrogen-bond acceptors (Lipinski definition) is 4. The number of nitrogens with zero attached hydrogens (tertiary/aromatic N) is 1. The van der Waals surface area contributed by atoms with E-state index < -0.39 is 0 Å². The lowest BCUT2D eigenvalue weighted by molar-refractivity contribution is 0.0859. The second-order valence-corrected chi connectivity index (χ2v) is 6.00. The minimum Gasteiger partial charge on any atom is -0.496 e. The van der Waals surface area contributed by atoms with Gasteiger partial charge in [0.15, 0.2) is 0 Å². The molecule has 1 aliphatic heterocycles. The van der Waals surface area contributed by atoms with E-state index in [0.717, 1.165) is 29.7 Å². The van der Waals surface area contributed by atoms with E-state index in [9.17, 15) is 9.59 Å². The number of piperidine rings is 1. The number of amides is 2. The molecule has 132 valence electrons. The summed E-state index contributed by atoms with van der Waals surface area (Å²) in [5.41, 5.74) is 2.57. The lowest BCUT2D eigenvalue weighted by Crippen LogP contribution is -2.46. The monoisotopic (exact) mass is 334 g/mol.